The van der Waals surface area contributed by atoms with Crippen molar-refractivity contribution < 1.29 is 50.1 Å². The van der Waals surface area contributed by atoms with E-state index < -0.39 is 5.97 Å². The Morgan fingerprint density at radius 2 is 0.948 bits per heavy atom. The number of carbonyl (C=O) groups is 3. The van der Waals surface area contributed by atoms with E-state index in [1.807, 2.05) is 31.2 Å². The Hall–Kier alpha value is -6.99. The van der Waals surface area contributed by atoms with E-state index in [9.17, 15) is 24.6 Å². The van der Waals surface area contributed by atoms with Crippen LogP contribution in [0.15, 0.2) is 150 Å². The number of para-hydroxylation sites is 8. The Labute approximate surface area is 346 Å². The molecule has 58 heavy (non-hydrogen) atoms. The van der Waals surface area contributed by atoms with Gasteiger partial charge in [0.2, 0.25) is 5.91 Å². The van der Waals surface area contributed by atoms with Crippen LogP contribution >= 0.6 is 15.9 Å². The van der Waals surface area contributed by atoms with Gasteiger partial charge < -0.3 is 46.8 Å². The van der Waals surface area contributed by atoms with Crippen LogP contribution < -0.4 is 11.1 Å². The Bertz CT molecular complexity index is 2080. The summed E-state index contributed by atoms with van der Waals surface area (Å²) in [4.78, 5) is 32.2. The lowest BCUT2D eigenvalue weighted by Crippen LogP contribution is -2.09. The second kappa shape index (κ2) is 27.6. The molecule has 0 heterocycles. The lowest BCUT2D eigenvalue weighted by molar-refractivity contribution is -0.115. The van der Waals surface area contributed by atoms with Gasteiger partial charge in [0.05, 0.1) is 21.4 Å². The normalized spacial score (nSPS) is 9.31. The largest absolute Gasteiger partial charge is 0.508 e. The first-order valence-electron chi connectivity index (χ1n) is 17.8. The zero-order valence-electron chi connectivity index (χ0n) is 32.3. The summed E-state index contributed by atoms with van der Waals surface area (Å²) in [7, 11) is 0. The van der Waals surface area contributed by atoms with Crippen molar-refractivity contribution in [2.24, 2.45) is 0 Å². The summed E-state index contributed by atoms with van der Waals surface area (Å²) in [5.74, 6) is -0.439. The van der Waals surface area contributed by atoms with Gasteiger partial charge in [-0.15, -0.1) is 0 Å². The highest BCUT2D eigenvalue weighted by atomic mass is 79.9. The summed E-state index contributed by atoms with van der Waals surface area (Å²) >= 11 is 3.15. The minimum atomic E-state index is -1.11. The van der Waals surface area contributed by atoms with Gasteiger partial charge in [-0.2, -0.15) is 0 Å². The number of hydrogen-bond donors (Lipinski definition) is 9. The average Bonchev–Trinajstić information content (AvgIpc) is 3.22. The molecule has 12 nitrogen and oxygen atoms in total. The van der Waals surface area contributed by atoms with Gasteiger partial charge in [0.25, 0.3) is 0 Å². The molecule has 0 aliphatic rings. The van der Waals surface area contributed by atoms with Crippen LogP contribution in [0.25, 0.3) is 0 Å². The van der Waals surface area contributed by atoms with Crippen LogP contribution in [0.4, 0.5) is 11.4 Å². The molecule has 0 atom stereocenters. The Balaban J connectivity index is 0.000000350. The maximum absolute atomic E-state index is 11.1. The van der Waals surface area contributed by atoms with Crippen molar-refractivity contribution in [3.63, 3.8) is 0 Å². The zero-order valence-corrected chi connectivity index (χ0v) is 33.9. The molecule has 0 unspecified atom stereocenters. The average molecular weight is 858 g/mol. The number of anilines is 2. The first-order chi connectivity index (χ1) is 27.7. The highest BCUT2D eigenvalue weighted by molar-refractivity contribution is 9.10. The number of aromatic hydroxyl groups is 6. The topological polar surface area (TPSA) is 231 Å². The number of carboxylic acids is 1. The number of nitrogen functional groups attached to an aromatic ring is 1. The summed E-state index contributed by atoms with van der Waals surface area (Å²) in [6.07, 6.45) is 1.73. The van der Waals surface area contributed by atoms with Crippen molar-refractivity contribution >= 4 is 45.0 Å². The number of ketones is 1. The number of Topliss-reactive ketones (excluding diaryl/α,β-unsaturated/α-hetero) is 1. The second-order valence-electron chi connectivity index (χ2n) is 11.5. The molecule has 0 aromatic heterocycles. The molecule has 0 aliphatic heterocycles. The SMILES string of the molecule is CCC(=O)Nc1ccccc1O.CCC(=O)c1ccccc1O.CCc1ccccc1O.Nc1ccccc1O.O=C(O)c1ccccc1O.Oc1ccccc1Br. The molecule has 10 N–H and O–H groups in total. The van der Waals surface area contributed by atoms with E-state index in [1.165, 1.54) is 24.3 Å². The van der Waals surface area contributed by atoms with Crippen LogP contribution in [0.2, 0.25) is 0 Å². The minimum Gasteiger partial charge on any atom is -0.508 e. The second-order valence-corrected chi connectivity index (χ2v) is 12.4. The van der Waals surface area contributed by atoms with E-state index in [-0.39, 0.29) is 46.0 Å². The molecule has 6 rings (SSSR count). The van der Waals surface area contributed by atoms with E-state index in [0.717, 1.165) is 16.5 Å². The van der Waals surface area contributed by atoms with Gasteiger partial charge >= 0.3 is 5.97 Å². The smallest absolute Gasteiger partial charge is 0.339 e. The van der Waals surface area contributed by atoms with Gasteiger partial charge in [0.1, 0.15) is 40.1 Å². The number of nitrogens with one attached hydrogen (secondary N) is 1. The number of nitrogens with two attached hydrogens (primary N) is 1. The number of benzene rings is 6. The van der Waals surface area contributed by atoms with Gasteiger partial charge in [0, 0.05) is 12.8 Å². The molecule has 0 saturated heterocycles. The molecule has 13 heteroatoms. The van der Waals surface area contributed by atoms with Crippen LogP contribution in [0.3, 0.4) is 0 Å². The maximum atomic E-state index is 11.1. The fourth-order valence-corrected chi connectivity index (χ4v) is 4.41. The molecule has 6 aromatic rings. The summed E-state index contributed by atoms with van der Waals surface area (Å²) in [5, 5.41) is 65.1. The predicted octanol–water partition coefficient (Wildman–Crippen LogP) is 9.90. The number of phenols is 6. The van der Waals surface area contributed by atoms with Crippen molar-refractivity contribution in [1.82, 2.24) is 0 Å². The summed E-state index contributed by atoms with van der Waals surface area (Å²) in [5.41, 5.74) is 7.51. The number of phenolic OH excluding ortho intramolecular Hbond substituents is 5. The van der Waals surface area contributed by atoms with Crippen molar-refractivity contribution in [3.05, 3.63) is 167 Å². The van der Waals surface area contributed by atoms with Crippen LogP contribution in [0.1, 0.15) is 59.9 Å². The lowest BCUT2D eigenvalue weighted by atomic mass is 10.1. The van der Waals surface area contributed by atoms with E-state index in [4.69, 9.17) is 31.3 Å². The molecule has 1 amide bonds. The van der Waals surface area contributed by atoms with Crippen molar-refractivity contribution in [1.29, 1.82) is 0 Å². The monoisotopic (exact) mass is 856 g/mol. The Morgan fingerprint density at radius 1 is 0.517 bits per heavy atom. The van der Waals surface area contributed by atoms with Crippen LogP contribution in [-0.2, 0) is 11.2 Å². The number of hydrogen-bond acceptors (Lipinski definition) is 10. The summed E-state index contributed by atoms with van der Waals surface area (Å²) < 4.78 is 0.736. The number of aryl methyl sites for hydroxylation is 1. The zero-order chi connectivity index (χ0) is 43.5. The predicted molar refractivity (Wildman–Crippen MR) is 231 cm³/mol. The highest BCUT2D eigenvalue weighted by Gasteiger charge is 2.07. The fraction of sp³-hybridized carbons (Fsp3) is 0.133. The van der Waals surface area contributed by atoms with E-state index >= 15 is 0 Å². The molecule has 0 radical (unpaired) electrons. The minimum absolute atomic E-state index is 0.0249. The summed E-state index contributed by atoms with van der Waals surface area (Å²) in [6, 6.07) is 40.2. The molecule has 0 bridgehead atoms. The molecule has 0 saturated carbocycles. The standard InChI is InChI=1S/C9H11NO2.C9H10O2.C8H10O.C7H6O3.C6H5BrO.C6H7NO/c1-2-9(12)10-7-5-3-4-6-8(7)11;1-2-8(10)7-5-3-4-6-9(7)11;1-2-7-5-3-4-6-8(7)9;8-6-4-2-1-3-5(6)7(9)10;2*7-5-3-1-2-4-6(5)8/h3-6,11H,2H2,1H3,(H,10,12);3-6,11H,2H2,1H3;3-6,9H,2H2,1H3;1-4,8H,(H,9,10);1-4,8H;1-4,8H,7H2. The molecule has 306 valence electrons. The fourth-order valence-electron chi connectivity index (χ4n) is 4.12. The summed E-state index contributed by atoms with van der Waals surface area (Å²) in [6.45, 7) is 5.55. The van der Waals surface area contributed by atoms with E-state index in [2.05, 4.69) is 21.2 Å². The van der Waals surface area contributed by atoms with Crippen LogP contribution in [-0.4, -0.2) is 53.4 Å². The molecule has 0 fully saturated rings. The number of halogens is 1. The van der Waals surface area contributed by atoms with Gasteiger partial charge in [-0.1, -0.05) is 99.6 Å². The number of carboxylic acid groups (broad SMARTS) is 1. The molecule has 0 spiro atoms. The third-order valence-electron chi connectivity index (χ3n) is 7.32. The van der Waals surface area contributed by atoms with Crippen molar-refractivity contribution in [3.8, 4) is 34.5 Å². The Kier molecular flexibility index (Phi) is 23.3. The number of aromatic carboxylic acids is 1. The van der Waals surface area contributed by atoms with Crippen molar-refractivity contribution in [2.75, 3.05) is 11.1 Å². The highest BCUT2D eigenvalue weighted by Crippen LogP contribution is 2.22. The quantitative estimate of drug-likeness (QED) is 0.0435. The van der Waals surface area contributed by atoms with E-state index in [1.54, 1.807) is 111 Å². The maximum Gasteiger partial charge on any atom is 0.339 e. The first kappa shape index (κ1) is 49.0. The molecular formula is C45H49BrN2O10. The Morgan fingerprint density at radius 3 is 1.29 bits per heavy atom. The van der Waals surface area contributed by atoms with Crippen molar-refractivity contribution in [2.45, 2.75) is 40.0 Å². The van der Waals surface area contributed by atoms with Crippen LogP contribution in [0, 0.1) is 0 Å². The van der Waals surface area contributed by atoms with Crippen LogP contribution in [0.5, 0.6) is 34.5 Å². The molecule has 0 aliphatic carbocycles. The number of carbonyl (C=O) groups excluding carboxylic acids is 2. The van der Waals surface area contributed by atoms with Gasteiger partial charge in [-0.3, -0.25) is 9.59 Å². The van der Waals surface area contributed by atoms with Gasteiger partial charge in [-0.05, 0) is 94.6 Å². The lowest BCUT2D eigenvalue weighted by Gasteiger charge is -2.04. The van der Waals surface area contributed by atoms with Gasteiger partial charge in [0.15, 0.2) is 5.78 Å². The molecular weight excluding hydrogens is 808 g/mol. The third-order valence-corrected chi connectivity index (χ3v) is 7.99. The van der Waals surface area contributed by atoms with E-state index in [0.29, 0.717) is 35.5 Å². The first-order valence-corrected chi connectivity index (χ1v) is 18.6. The number of amides is 1. The number of rotatable bonds is 6. The van der Waals surface area contributed by atoms with Gasteiger partial charge in [-0.25, -0.2) is 4.79 Å². The molecule has 6 aromatic carbocycles. The third kappa shape index (κ3) is 19.0.